The zero-order valence-electron chi connectivity index (χ0n) is 18.1. The quantitative estimate of drug-likeness (QED) is 0.282. The molecule has 1 amide bonds. The first kappa shape index (κ1) is 24.0. The minimum absolute atomic E-state index is 0.241. The van der Waals surface area contributed by atoms with Gasteiger partial charge in [-0.05, 0) is 42.0 Å². The number of methoxy groups -OCH3 is 1. The van der Waals surface area contributed by atoms with E-state index in [0.29, 0.717) is 44.2 Å². The van der Waals surface area contributed by atoms with Crippen molar-refractivity contribution in [3.05, 3.63) is 105 Å². The van der Waals surface area contributed by atoms with E-state index in [-0.39, 0.29) is 18.3 Å². The Morgan fingerprint density at radius 3 is 2.38 bits per heavy atom. The predicted octanol–water partition coefficient (Wildman–Crippen LogP) is 6.73. The number of carbonyl (C=O) groups is 1. The van der Waals surface area contributed by atoms with Crippen LogP contribution in [0.3, 0.4) is 0 Å². The van der Waals surface area contributed by atoms with Gasteiger partial charge in [-0.2, -0.15) is 5.10 Å². The summed E-state index contributed by atoms with van der Waals surface area (Å²) in [5.41, 5.74) is 1.98. The number of nitrogens with one attached hydrogen (secondary N) is 1. The average Bonchev–Trinajstić information content (AvgIpc) is 3.19. The number of anilines is 1. The molecule has 4 aromatic rings. The molecule has 1 aromatic heterocycles. The largest absolute Gasteiger partial charge is 0.493 e. The minimum Gasteiger partial charge on any atom is -0.493 e. The molecule has 0 aliphatic rings. The molecule has 174 valence electrons. The monoisotopic (exact) mass is 515 g/mol. The third-order valence-corrected chi connectivity index (χ3v) is 5.97. The lowest BCUT2D eigenvalue weighted by Gasteiger charge is -2.11. The zero-order valence-corrected chi connectivity index (χ0v) is 20.4. The highest BCUT2D eigenvalue weighted by atomic mass is 35.5. The number of amides is 1. The van der Waals surface area contributed by atoms with E-state index in [1.807, 2.05) is 30.3 Å². The molecule has 0 spiro atoms. The van der Waals surface area contributed by atoms with Crippen LogP contribution in [0.2, 0.25) is 15.1 Å². The Balaban J connectivity index is 1.44. The van der Waals surface area contributed by atoms with Crippen LogP contribution >= 0.6 is 34.8 Å². The van der Waals surface area contributed by atoms with Gasteiger partial charge in [0.05, 0.1) is 13.7 Å². The molecule has 3 aromatic carbocycles. The van der Waals surface area contributed by atoms with E-state index >= 15 is 0 Å². The number of hydrogen-bond donors (Lipinski definition) is 1. The molecule has 4 rings (SSSR count). The number of rotatable bonds is 8. The van der Waals surface area contributed by atoms with Crippen molar-refractivity contribution < 1.29 is 14.3 Å². The van der Waals surface area contributed by atoms with E-state index in [0.717, 1.165) is 5.56 Å². The van der Waals surface area contributed by atoms with E-state index < -0.39 is 0 Å². The summed E-state index contributed by atoms with van der Waals surface area (Å²) in [5.74, 6) is 1.16. The van der Waals surface area contributed by atoms with Crippen LogP contribution < -0.4 is 14.8 Å². The standard InChI is InChI=1S/C25H20Cl3N3O3/c1-33-22-10-2-3-11-23(22)34-15-16-6-4-7-17(12-16)25(32)29-24-21(28)14-31(30-24)13-18-19(26)8-5-9-20(18)27/h2-12,14H,13,15H2,1H3,(H,29,30,32). The van der Waals surface area contributed by atoms with Crippen LogP contribution in [0.1, 0.15) is 21.5 Å². The molecule has 34 heavy (non-hydrogen) atoms. The highest BCUT2D eigenvalue weighted by Gasteiger charge is 2.15. The van der Waals surface area contributed by atoms with Gasteiger partial charge in [-0.15, -0.1) is 0 Å². The Kier molecular flexibility index (Phi) is 7.63. The van der Waals surface area contributed by atoms with E-state index in [1.54, 1.807) is 54.4 Å². The number of carbonyl (C=O) groups excluding carboxylic acids is 1. The second-order valence-electron chi connectivity index (χ2n) is 7.32. The van der Waals surface area contributed by atoms with Crippen LogP contribution in [0.15, 0.2) is 72.9 Å². The highest BCUT2D eigenvalue weighted by Crippen LogP contribution is 2.28. The summed E-state index contributed by atoms with van der Waals surface area (Å²) in [6.45, 7) is 0.583. The molecular formula is C25H20Cl3N3O3. The lowest BCUT2D eigenvalue weighted by molar-refractivity contribution is 0.102. The minimum atomic E-state index is -0.345. The van der Waals surface area contributed by atoms with Crippen molar-refractivity contribution in [2.45, 2.75) is 13.2 Å². The van der Waals surface area contributed by atoms with Gasteiger partial charge in [-0.25, -0.2) is 0 Å². The first-order valence-corrected chi connectivity index (χ1v) is 11.4. The molecule has 0 radical (unpaired) electrons. The lowest BCUT2D eigenvalue weighted by atomic mass is 10.1. The van der Waals surface area contributed by atoms with Crippen LogP contribution in [0, 0.1) is 0 Å². The molecule has 0 fully saturated rings. The molecule has 0 unspecified atom stereocenters. The molecule has 0 saturated carbocycles. The second kappa shape index (κ2) is 10.8. The van der Waals surface area contributed by atoms with Crippen molar-refractivity contribution in [1.29, 1.82) is 0 Å². The van der Waals surface area contributed by atoms with Crippen molar-refractivity contribution in [2.24, 2.45) is 0 Å². The summed E-state index contributed by atoms with van der Waals surface area (Å²) in [4.78, 5) is 12.8. The van der Waals surface area contributed by atoms with Gasteiger partial charge in [-0.3, -0.25) is 9.48 Å². The van der Waals surface area contributed by atoms with Crippen molar-refractivity contribution >= 4 is 46.5 Å². The summed E-state index contributed by atoms with van der Waals surface area (Å²) in [6, 6.07) is 19.8. The Hall–Kier alpha value is -3.19. The fourth-order valence-corrected chi connectivity index (χ4v) is 4.00. The Bertz CT molecular complexity index is 1300. The summed E-state index contributed by atoms with van der Waals surface area (Å²) < 4.78 is 12.7. The molecule has 0 bridgehead atoms. The highest BCUT2D eigenvalue weighted by molar-refractivity contribution is 6.36. The normalized spacial score (nSPS) is 10.7. The number of nitrogens with zero attached hydrogens (tertiary/aromatic N) is 2. The topological polar surface area (TPSA) is 65.4 Å². The third-order valence-electron chi connectivity index (χ3n) is 4.98. The smallest absolute Gasteiger partial charge is 0.256 e. The number of halogens is 3. The van der Waals surface area contributed by atoms with E-state index in [4.69, 9.17) is 44.3 Å². The summed E-state index contributed by atoms with van der Waals surface area (Å²) in [7, 11) is 1.59. The Labute approximate surface area is 212 Å². The maximum Gasteiger partial charge on any atom is 0.256 e. The SMILES string of the molecule is COc1ccccc1OCc1cccc(C(=O)Nc2nn(Cc3c(Cl)cccc3Cl)cc2Cl)c1. The van der Waals surface area contributed by atoms with Gasteiger partial charge < -0.3 is 14.8 Å². The van der Waals surface area contributed by atoms with Crippen LogP contribution in [0.4, 0.5) is 5.82 Å². The molecule has 1 N–H and O–H groups in total. The summed E-state index contributed by atoms with van der Waals surface area (Å²) >= 11 is 18.8. The number of ether oxygens (including phenoxy) is 2. The molecular weight excluding hydrogens is 497 g/mol. The van der Waals surface area contributed by atoms with E-state index in [9.17, 15) is 4.79 Å². The summed E-state index contributed by atoms with van der Waals surface area (Å²) in [5, 5.41) is 8.47. The van der Waals surface area contributed by atoms with Gasteiger partial charge in [0, 0.05) is 27.4 Å². The van der Waals surface area contributed by atoms with Gasteiger partial charge >= 0.3 is 0 Å². The van der Waals surface area contributed by atoms with Gasteiger partial charge in [0.1, 0.15) is 11.6 Å². The van der Waals surface area contributed by atoms with Crippen molar-refractivity contribution in [1.82, 2.24) is 9.78 Å². The van der Waals surface area contributed by atoms with Crippen molar-refractivity contribution in [2.75, 3.05) is 12.4 Å². The molecule has 6 nitrogen and oxygen atoms in total. The lowest BCUT2D eigenvalue weighted by Crippen LogP contribution is -2.13. The van der Waals surface area contributed by atoms with Crippen molar-refractivity contribution in [3.8, 4) is 11.5 Å². The number of hydrogen-bond acceptors (Lipinski definition) is 4. The number of benzene rings is 3. The molecule has 0 aliphatic carbocycles. The fourth-order valence-electron chi connectivity index (χ4n) is 3.29. The molecule has 0 aliphatic heterocycles. The van der Waals surface area contributed by atoms with Gasteiger partial charge in [0.25, 0.3) is 5.91 Å². The molecule has 0 atom stereocenters. The van der Waals surface area contributed by atoms with Crippen molar-refractivity contribution in [3.63, 3.8) is 0 Å². The van der Waals surface area contributed by atoms with Gasteiger partial charge in [0.15, 0.2) is 17.3 Å². The maximum absolute atomic E-state index is 12.8. The van der Waals surface area contributed by atoms with Crippen LogP contribution in [0.25, 0.3) is 0 Å². The number of aromatic nitrogens is 2. The summed E-state index contributed by atoms with van der Waals surface area (Å²) in [6.07, 6.45) is 1.61. The van der Waals surface area contributed by atoms with Gasteiger partial charge in [0.2, 0.25) is 0 Å². The average molecular weight is 517 g/mol. The molecule has 1 heterocycles. The molecule has 9 heteroatoms. The van der Waals surface area contributed by atoms with Crippen LogP contribution in [0.5, 0.6) is 11.5 Å². The fraction of sp³-hybridized carbons (Fsp3) is 0.120. The zero-order chi connectivity index (χ0) is 24.1. The van der Waals surface area contributed by atoms with Crippen LogP contribution in [-0.4, -0.2) is 22.8 Å². The maximum atomic E-state index is 12.8. The van der Waals surface area contributed by atoms with E-state index in [1.165, 1.54) is 0 Å². The van der Waals surface area contributed by atoms with E-state index in [2.05, 4.69) is 10.4 Å². The third kappa shape index (κ3) is 5.65. The predicted molar refractivity (Wildman–Crippen MR) is 135 cm³/mol. The first-order chi connectivity index (χ1) is 16.4. The molecule has 0 saturated heterocycles. The van der Waals surface area contributed by atoms with Crippen LogP contribution in [-0.2, 0) is 13.2 Å². The Morgan fingerprint density at radius 1 is 0.941 bits per heavy atom. The van der Waals surface area contributed by atoms with Gasteiger partial charge in [-0.1, -0.05) is 65.1 Å². The Morgan fingerprint density at radius 2 is 1.65 bits per heavy atom. The number of para-hydroxylation sites is 2. The second-order valence-corrected chi connectivity index (χ2v) is 8.54. The first-order valence-electron chi connectivity index (χ1n) is 10.3.